The van der Waals surface area contributed by atoms with Gasteiger partial charge in [0.05, 0.1) is 41.0 Å². The van der Waals surface area contributed by atoms with Crippen LogP contribution in [0.5, 0.6) is 11.5 Å². The number of ether oxygens (including phenoxy) is 3. The molecule has 1 aliphatic rings. The normalized spacial score (nSPS) is 14.5. The molecule has 1 saturated carbocycles. The van der Waals surface area contributed by atoms with Crippen molar-refractivity contribution >= 4 is 30.6 Å². The van der Waals surface area contributed by atoms with Crippen LogP contribution >= 0.6 is 11.6 Å². The Labute approximate surface area is 193 Å². The molecule has 172 valence electrons. The van der Waals surface area contributed by atoms with Crippen LogP contribution in [-0.2, 0) is 11.5 Å². The summed E-state index contributed by atoms with van der Waals surface area (Å²) in [7, 11) is 0.409. The van der Waals surface area contributed by atoms with Crippen molar-refractivity contribution in [2.45, 2.75) is 57.8 Å². The molecule has 0 unspecified atom stereocenters. The molecule has 7 nitrogen and oxygen atoms in total. The highest BCUT2D eigenvalue weighted by molar-refractivity contribution is 6.76. The summed E-state index contributed by atoms with van der Waals surface area (Å²) in [5.41, 5.74) is 1.84. The van der Waals surface area contributed by atoms with Crippen molar-refractivity contribution in [3.8, 4) is 22.8 Å². The van der Waals surface area contributed by atoms with E-state index < -0.39 is 8.07 Å². The molecule has 32 heavy (non-hydrogen) atoms. The van der Waals surface area contributed by atoms with E-state index in [0.29, 0.717) is 39.7 Å². The van der Waals surface area contributed by atoms with Crippen LogP contribution in [0.15, 0.2) is 29.2 Å². The molecule has 1 N–H and O–H groups in total. The van der Waals surface area contributed by atoms with Crippen LogP contribution in [0.3, 0.4) is 0 Å². The van der Waals surface area contributed by atoms with Gasteiger partial charge in [-0.15, -0.1) is 0 Å². The van der Waals surface area contributed by atoms with E-state index in [9.17, 15) is 4.79 Å². The number of rotatable bonds is 9. The number of benzene rings is 1. The Morgan fingerprint density at radius 1 is 1.25 bits per heavy atom. The lowest BCUT2D eigenvalue weighted by molar-refractivity contribution is 0.0912. The summed E-state index contributed by atoms with van der Waals surface area (Å²) in [6.45, 7) is 7.87. The first kappa shape index (κ1) is 22.9. The number of hydrogen-bond acceptors (Lipinski definition) is 5. The molecule has 0 saturated heterocycles. The average Bonchev–Trinajstić information content (AvgIpc) is 3.00. The highest BCUT2D eigenvalue weighted by Gasteiger charge is 2.24. The molecule has 0 bridgehead atoms. The standard InChI is InChI=1S/C23H30ClN3O4Si/c1-29-18-9-8-15(12-19(18)31-16-6-5-7-16)22-21(24)20-17(13-25-26-23(20)28)27(22)14-30-10-11-32(2,3)4/h8-9,12-13,16H,5-7,10-11,14H2,1-4H3,(H,26,28). The van der Waals surface area contributed by atoms with Gasteiger partial charge in [-0.1, -0.05) is 31.2 Å². The van der Waals surface area contributed by atoms with Crippen molar-refractivity contribution in [3.05, 3.63) is 39.8 Å². The maximum atomic E-state index is 12.5. The zero-order chi connectivity index (χ0) is 22.9. The third kappa shape index (κ3) is 4.72. The number of aromatic amines is 1. The minimum atomic E-state index is -1.22. The first-order valence-corrected chi connectivity index (χ1v) is 15.0. The summed E-state index contributed by atoms with van der Waals surface area (Å²) in [4.78, 5) is 12.5. The fourth-order valence-electron chi connectivity index (χ4n) is 3.70. The predicted octanol–water partition coefficient (Wildman–Crippen LogP) is 5.30. The first-order valence-electron chi connectivity index (χ1n) is 11.0. The van der Waals surface area contributed by atoms with Crippen molar-refractivity contribution in [1.29, 1.82) is 0 Å². The fraction of sp³-hybridized carbons (Fsp3) is 0.478. The lowest BCUT2D eigenvalue weighted by Crippen LogP contribution is -2.24. The SMILES string of the molecule is COc1ccc(-c2c(Cl)c3c(=O)[nH]ncc3n2COCC[Si](C)(C)C)cc1OC1CCC1. The molecule has 2 aromatic heterocycles. The maximum Gasteiger partial charge on any atom is 0.275 e. The number of halogens is 1. The number of nitrogens with zero attached hydrogens (tertiary/aromatic N) is 2. The smallest absolute Gasteiger partial charge is 0.275 e. The molecule has 1 fully saturated rings. The zero-order valence-corrected chi connectivity index (χ0v) is 20.8. The summed E-state index contributed by atoms with van der Waals surface area (Å²) in [6.07, 6.45) is 5.08. The van der Waals surface area contributed by atoms with E-state index in [2.05, 4.69) is 29.8 Å². The van der Waals surface area contributed by atoms with Crippen molar-refractivity contribution in [3.63, 3.8) is 0 Å². The van der Waals surface area contributed by atoms with Crippen molar-refractivity contribution in [2.75, 3.05) is 13.7 Å². The molecule has 3 aromatic rings. The second-order valence-electron chi connectivity index (χ2n) is 9.43. The Balaban J connectivity index is 1.75. The number of nitrogens with one attached hydrogen (secondary N) is 1. The Hall–Kier alpha value is -2.29. The summed E-state index contributed by atoms with van der Waals surface area (Å²) in [5.74, 6) is 1.35. The van der Waals surface area contributed by atoms with Gasteiger partial charge in [-0.3, -0.25) is 4.79 Å². The third-order valence-electron chi connectivity index (χ3n) is 5.82. The molecular weight excluding hydrogens is 446 g/mol. The van der Waals surface area contributed by atoms with Gasteiger partial charge in [0.1, 0.15) is 6.73 Å². The van der Waals surface area contributed by atoms with Gasteiger partial charge in [0.25, 0.3) is 5.56 Å². The molecule has 1 aromatic carbocycles. The van der Waals surface area contributed by atoms with E-state index in [1.54, 1.807) is 13.3 Å². The van der Waals surface area contributed by atoms with Gasteiger partial charge < -0.3 is 18.8 Å². The molecule has 0 atom stereocenters. The van der Waals surface area contributed by atoms with Gasteiger partial charge in [-0.2, -0.15) is 5.10 Å². The molecule has 0 spiro atoms. The Kier molecular flexibility index (Phi) is 6.64. The quantitative estimate of drug-likeness (QED) is 0.335. The molecular formula is C23H30ClN3O4Si. The number of methoxy groups -OCH3 is 1. The number of fused-ring (bicyclic) bond motifs is 1. The van der Waals surface area contributed by atoms with E-state index in [-0.39, 0.29) is 18.4 Å². The van der Waals surface area contributed by atoms with Gasteiger partial charge in [0.15, 0.2) is 11.5 Å². The Bertz CT molecular complexity index is 1160. The monoisotopic (exact) mass is 475 g/mol. The van der Waals surface area contributed by atoms with Crippen LogP contribution in [0.1, 0.15) is 19.3 Å². The molecule has 0 radical (unpaired) electrons. The van der Waals surface area contributed by atoms with Gasteiger partial charge in [0, 0.05) is 20.2 Å². The summed E-state index contributed by atoms with van der Waals surface area (Å²) in [6, 6.07) is 6.77. The van der Waals surface area contributed by atoms with Crippen LogP contribution in [0.25, 0.3) is 22.2 Å². The molecule has 0 aliphatic heterocycles. The minimum absolute atomic E-state index is 0.206. The fourth-order valence-corrected chi connectivity index (χ4v) is 4.85. The van der Waals surface area contributed by atoms with Crippen LogP contribution in [0.4, 0.5) is 0 Å². The largest absolute Gasteiger partial charge is 0.493 e. The van der Waals surface area contributed by atoms with E-state index in [1.807, 2.05) is 22.8 Å². The summed E-state index contributed by atoms with van der Waals surface area (Å²) in [5, 5.41) is 7.24. The van der Waals surface area contributed by atoms with Crippen LogP contribution in [-0.4, -0.2) is 42.7 Å². The van der Waals surface area contributed by atoms with Crippen molar-refractivity contribution < 1.29 is 14.2 Å². The van der Waals surface area contributed by atoms with Crippen LogP contribution in [0, 0.1) is 0 Å². The average molecular weight is 476 g/mol. The Morgan fingerprint density at radius 3 is 2.69 bits per heavy atom. The van der Waals surface area contributed by atoms with E-state index in [1.165, 1.54) is 6.42 Å². The first-order chi connectivity index (χ1) is 15.3. The molecule has 0 amide bonds. The second-order valence-corrected chi connectivity index (χ2v) is 15.4. The highest BCUT2D eigenvalue weighted by atomic mass is 35.5. The van der Waals surface area contributed by atoms with Crippen molar-refractivity contribution in [1.82, 2.24) is 14.8 Å². The van der Waals surface area contributed by atoms with E-state index >= 15 is 0 Å². The third-order valence-corrected chi connectivity index (χ3v) is 7.90. The van der Waals surface area contributed by atoms with Gasteiger partial charge in [-0.25, -0.2) is 5.10 Å². The van der Waals surface area contributed by atoms with Gasteiger partial charge in [-0.05, 0) is 43.5 Å². The minimum Gasteiger partial charge on any atom is -0.493 e. The predicted molar refractivity (Wildman–Crippen MR) is 130 cm³/mol. The summed E-state index contributed by atoms with van der Waals surface area (Å²) < 4.78 is 19.6. The van der Waals surface area contributed by atoms with E-state index in [0.717, 1.165) is 24.4 Å². The topological polar surface area (TPSA) is 78.4 Å². The van der Waals surface area contributed by atoms with Gasteiger partial charge >= 0.3 is 0 Å². The zero-order valence-electron chi connectivity index (χ0n) is 19.0. The molecule has 9 heteroatoms. The van der Waals surface area contributed by atoms with Crippen LogP contribution < -0.4 is 15.0 Å². The maximum absolute atomic E-state index is 12.5. The lowest BCUT2D eigenvalue weighted by atomic mass is 9.96. The van der Waals surface area contributed by atoms with E-state index in [4.69, 9.17) is 25.8 Å². The lowest BCUT2D eigenvalue weighted by Gasteiger charge is -2.27. The second kappa shape index (κ2) is 9.29. The van der Waals surface area contributed by atoms with Crippen molar-refractivity contribution in [2.24, 2.45) is 0 Å². The molecule has 2 heterocycles. The highest BCUT2D eigenvalue weighted by Crippen LogP contribution is 2.40. The number of H-pyrrole nitrogens is 1. The number of hydrogen-bond donors (Lipinski definition) is 1. The summed E-state index contributed by atoms with van der Waals surface area (Å²) >= 11 is 6.77. The molecule has 1 aliphatic carbocycles. The van der Waals surface area contributed by atoms with Gasteiger partial charge in [0.2, 0.25) is 0 Å². The number of aromatic nitrogens is 3. The Morgan fingerprint density at radius 2 is 2.03 bits per heavy atom. The molecule has 4 rings (SSSR count). The van der Waals surface area contributed by atoms with Crippen LogP contribution in [0.2, 0.25) is 30.7 Å².